The molecule has 0 atom stereocenters. The molecule has 8 nitrogen and oxygen atoms in total. The number of H-pyrrole nitrogens is 1. The Morgan fingerprint density at radius 3 is 2.96 bits per heavy atom. The number of carbonyl (C=O) groups excluding carboxylic acids is 1. The van der Waals surface area contributed by atoms with E-state index in [1.807, 2.05) is 30.0 Å². The molecule has 1 aromatic carbocycles. The maximum atomic E-state index is 11.6. The number of guanidine groups is 1. The molecule has 1 aromatic heterocycles. The number of amides is 1. The summed E-state index contributed by atoms with van der Waals surface area (Å²) >= 11 is 0. The predicted octanol–water partition coefficient (Wildman–Crippen LogP) is 2.16. The Labute approximate surface area is 182 Å². The number of nitrogens with one attached hydrogen (secondary N) is 3. The van der Waals surface area contributed by atoms with Gasteiger partial charge in [0.05, 0.1) is 6.54 Å². The molecule has 0 aliphatic carbocycles. The molecule has 2 heterocycles. The molecule has 1 amide bonds. The molecule has 152 valence electrons. The summed E-state index contributed by atoms with van der Waals surface area (Å²) in [5, 5.41) is 13.4. The number of hydrogen-bond donors (Lipinski definition) is 3. The van der Waals surface area contributed by atoms with Gasteiger partial charge in [0, 0.05) is 38.2 Å². The molecule has 3 N–H and O–H groups in total. The van der Waals surface area contributed by atoms with Gasteiger partial charge in [0.2, 0.25) is 5.91 Å². The van der Waals surface area contributed by atoms with Crippen LogP contribution in [-0.4, -0.2) is 58.1 Å². The van der Waals surface area contributed by atoms with Gasteiger partial charge in [0.25, 0.3) is 0 Å². The van der Waals surface area contributed by atoms with Crippen molar-refractivity contribution in [2.45, 2.75) is 32.7 Å². The van der Waals surface area contributed by atoms with Crippen LogP contribution < -0.4 is 10.6 Å². The number of aromatic nitrogens is 3. The predicted molar refractivity (Wildman–Crippen MR) is 120 cm³/mol. The summed E-state index contributed by atoms with van der Waals surface area (Å²) in [5.74, 6) is 1.82. The van der Waals surface area contributed by atoms with E-state index in [4.69, 9.17) is 0 Å². The van der Waals surface area contributed by atoms with E-state index in [0.717, 1.165) is 61.9 Å². The van der Waals surface area contributed by atoms with Crippen molar-refractivity contribution in [3.63, 3.8) is 0 Å². The minimum Gasteiger partial charge on any atom is -0.357 e. The maximum Gasteiger partial charge on any atom is 0.222 e. The number of carbonyl (C=O) groups is 1. The largest absolute Gasteiger partial charge is 0.357 e. The van der Waals surface area contributed by atoms with Crippen LogP contribution in [0.15, 0.2) is 35.6 Å². The van der Waals surface area contributed by atoms with E-state index in [0.29, 0.717) is 13.0 Å². The Balaban J connectivity index is 0.00000280. The molecule has 0 bridgehead atoms. The monoisotopic (exact) mass is 497 g/mol. The second-order valence-corrected chi connectivity index (χ2v) is 6.49. The van der Waals surface area contributed by atoms with E-state index >= 15 is 0 Å². The fraction of sp³-hybridized carbons (Fsp3) is 0.474. The number of benzene rings is 1. The summed E-state index contributed by atoms with van der Waals surface area (Å²) in [6.07, 6.45) is 4.11. The first kappa shape index (κ1) is 22.1. The second kappa shape index (κ2) is 11.6. The van der Waals surface area contributed by atoms with E-state index < -0.39 is 0 Å². The number of hydrogen-bond acceptors (Lipinski definition) is 4. The highest BCUT2D eigenvalue weighted by molar-refractivity contribution is 14.0. The third-order valence-electron chi connectivity index (χ3n) is 4.45. The lowest BCUT2D eigenvalue weighted by Crippen LogP contribution is -2.39. The number of nitrogens with zero attached hydrogens (tertiary/aromatic N) is 4. The van der Waals surface area contributed by atoms with Crippen molar-refractivity contribution in [2.24, 2.45) is 4.99 Å². The third-order valence-corrected chi connectivity index (χ3v) is 4.45. The zero-order valence-electron chi connectivity index (χ0n) is 16.1. The normalized spacial score (nSPS) is 14.1. The fourth-order valence-electron chi connectivity index (χ4n) is 3.09. The molecular weight excluding hydrogens is 469 g/mol. The van der Waals surface area contributed by atoms with Crippen molar-refractivity contribution in [2.75, 3.05) is 26.2 Å². The summed E-state index contributed by atoms with van der Waals surface area (Å²) in [6.45, 7) is 5.91. The lowest BCUT2D eigenvalue weighted by atomic mass is 10.1. The Hall–Kier alpha value is -2.17. The molecule has 2 aromatic rings. The standard InChI is InChI=1S/C19H27N7O.HI/c1-2-20-19(21-9-5-11-26-10-4-8-17(26)27)22-13-15-6-3-7-16(12-15)18-23-14-24-25-18;/h3,6-7,12,14H,2,4-5,8-11,13H2,1H3,(H2,20,21,22)(H,23,24,25);1H. The van der Waals surface area contributed by atoms with E-state index in [1.54, 1.807) is 0 Å². The highest BCUT2D eigenvalue weighted by Crippen LogP contribution is 2.16. The van der Waals surface area contributed by atoms with E-state index in [-0.39, 0.29) is 29.9 Å². The molecule has 1 aliphatic rings. The summed E-state index contributed by atoms with van der Waals surface area (Å²) in [6, 6.07) is 8.10. The lowest BCUT2D eigenvalue weighted by molar-refractivity contribution is -0.127. The topological polar surface area (TPSA) is 98.3 Å². The van der Waals surface area contributed by atoms with E-state index in [1.165, 1.54) is 6.33 Å². The number of aliphatic imine (C=N–C) groups is 1. The van der Waals surface area contributed by atoms with Crippen molar-refractivity contribution in [3.05, 3.63) is 36.2 Å². The minimum absolute atomic E-state index is 0. The van der Waals surface area contributed by atoms with Crippen LogP contribution in [0.1, 0.15) is 31.7 Å². The average Bonchev–Trinajstić information content (AvgIpc) is 3.35. The van der Waals surface area contributed by atoms with Crippen LogP contribution >= 0.6 is 24.0 Å². The molecule has 3 rings (SSSR count). The molecule has 1 fully saturated rings. The van der Waals surface area contributed by atoms with Gasteiger partial charge in [-0.15, -0.1) is 24.0 Å². The van der Waals surface area contributed by atoms with Crippen molar-refractivity contribution in [3.8, 4) is 11.4 Å². The van der Waals surface area contributed by atoms with Gasteiger partial charge < -0.3 is 15.5 Å². The van der Waals surface area contributed by atoms with Crippen molar-refractivity contribution < 1.29 is 4.79 Å². The second-order valence-electron chi connectivity index (χ2n) is 6.49. The van der Waals surface area contributed by atoms with Gasteiger partial charge in [-0.25, -0.2) is 9.98 Å². The Bertz CT molecular complexity index is 763. The number of aromatic amines is 1. The molecule has 28 heavy (non-hydrogen) atoms. The summed E-state index contributed by atoms with van der Waals surface area (Å²) in [4.78, 5) is 22.4. The average molecular weight is 497 g/mol. The van der Waals surface area contributed by atoms with Crippen LogP contribution in [0.4, 0.5) is 0 Å². The number of rotatable bonds is 8. The zero-order chi connectivity index (χ0) is 18.9. The van der Waals surface area contributed by atoms with E-state index in [9.17, 15) is 4.79 Å². The lowest BCUT2D eigenvalue weighted by Gasteiger charge is -2.16. The van der Waals surface area contributed by atoms with Gasteiger partial charge in [0.15, 0.2) is 11.8 Å². The molecule has 9 heteroatoms. The van der Waals surface area contributed by atoms with Crippen LogP contribution in [0.25, 0.3) is 11.4 Å². The quantitative estimate of drug-likeness (QED) is 0.225. The summed E-state index contributed by atoms with van der Waals surface area (Å²) in [7, 11) is 0. The molecule has 1 aliphatic heterocycles. The Morgan fingerprint density at radius 1 is 1.36 bits per heavy atom. The van der Waals surface area contributed by atoms with Gasteiger partial charge in [-0.3, -0.25) is 9.89 Å². The van der Waals surface area contributed by atoms with Gasteiger partial charge in [-0.2, -0.15) is 5.10 Å². The molecule has 0 unspecified atom stereocenters. The minimum atomic E-state index is 0. The molecule has 0 spiro atoms. The van der Waals surface area contributed by atoms with Gasteiger partial charge >= 0.3 is 0 Å². The molecule has 0 saturated carbocycles. The third kappa shape index (κ3) is 6.47. The number of likely N-dealkylation sites (tertiary alicyclic amines) is 1. The van der Waals surface area contributed by atoms with Crippen LogP contribution in [-0.2, 0) is 11.3 Å². The SMILES string of the molecule is CCNC(=NCc1cccc(-c2ncn[nH]2)c1)NCCCN1CCCC1=O.I. The summed E-state index contributed by atoms with van der Waals surface area (Å²) < 4.78 is 0. The van der Waals surface area contributed by atoms with Crippen LogP contribution in [0, 0.1) is 0 Å². The Morgan fingerprint density at radius 2 is 2.25 bits per heavy atom. The van der Waals surface area contributed by atoms with Gasteiger partial charge in [-0.05, 0) is 31.4 Å². The van der Waals surface area contributed by atoms with Crippen LogP contribution in [0.2, 0.25) is 0 Å². The smallest absolute Gasteiger partial charge is 0.222 e. The van der Waals surface area contributed by atoms with E-state index in [2.05, 4.69) is 36.9 Å². The van der Waals surface area contributed by atoms with Crippen molar-refractivity contribution in [1.82, 2.24) is 30.7 Å². The van der Waals surface area contributed by atoms with Crippen molar-refractivity contribution >= 4 is 35.8 Å². The fourth-order valence-corrected chi connectivity index (χ4v) is 3.09. The summed E-state index contributed by atoms with van der Waals surface area (Å²) in [5.41, 5.74) is 2.09. The first-order valence-electron chi connectivity index (χ1n) is 9.51. The number of halogens is 1. The zero-order valence-corrected chi connectivity index (χ0v) is 18.5. The maximum absolute atomic E-state index is 11.6. The first-order chi connectivity index (χ1) is 13.3. The van der Waals surface area contributed by atoms with Crippen LogP contribution in [0.5, 0.6) is 0 Å². The Kier molecular flexibility index (Phi) is 9.18. The molecule has 0 radical (unpaired) electrons. The molecule has 1 saturated heterocycles. The van der Waals surface area contributed by atoms with Gasteiger partial charge in [-0.1, -0.05) is 18.2 Å². The highest BCUT2D eigenvalue weighted by atomic mass is 127. The first-order valence-corrected chi connectivity index (χ1v) is 9.51. The highest BCUT2D eigenvalue weighted by Gasteiger charge is 2.18. The van der Waals surface area contributed by atoms with Gasteiger partial charge in [0.1, 0.15) is 6.33 Å². The van der Waals surface area contributed by atoms with Crippen molar-refractivity contribution in [1.29, 1.82) is 0 Å². The van der Waals surface area contributed by atoms with Crippen LogP contribution in [0.3, 0.4) is 0 Å². The molecular formula is C19H28IN7O.